The van der Waals surface area contributed by atoms with Crippen molar-refractivity contribution in [2.45, 2.75) is 51.4 Å². The average molecular weight is 411 g/mol. The number of aliphatic hydroxyl groups excluding tert-OH is 1. The van der Waals surface area contributed by atoms with Crippen molar-refractivity contribution in [3.05, 3.63) is 33.8 Å². The lowest BCUT2D eigenvalue weighted by molar-refractivity contribution is -0.00968. The van der Waals surface area contributed by atoms with Gasteiger partial charge in [-0.2, -0.15) is 0 Å². The third-order valence-electron chi connectivity index (χ3n) is 4.86. The number of fused-ring (bicyclic) bond motifs is 1. The number of benzene rings is 1. The summed E-state index contributed by atoms with van der Waals surface area (Å²) in [4.78, 5) is 16.3. The van der Waals surface area contributed by atoms with E-state index in [0.717, 1.165) is 30.4 Å². The normalized spacial score (nSPS) is 24.8. The molecule has 0 unspecified atom stereocenters. The SMILES string of the molecule is CC(C)(C)OC(=O)N1CCN([C@@H]2c3cc(Br)ccc3CC[C@H]2O)CC1. The number of halogens is 1. The fraction of sp³-hybridized carbons (Fsp3) is 0.632. The lowest BCUT2D eigenvalue weighted by Gasteiger charge is -2.43. The molecule has 1 fully saturated rings. The molecule has 0 saturated carbocycles. The zero-order chi connectivity index (χ0) is 18.2. The highest BCUT2D eigenvalue weighted by Gasteiger charge is 2.36. The summed E-state index contributed by atoms with van der Waals surface area (Å²) >= 11 is 3.55. The van der Waals surface area contributed by atoms with Gasteiger partial charge in [0.2, 0.25) is 0 Å². The van der Waals surface area contributed by atoms with Crippen molar-refractivity contribution < 1.29 is 14.6 Å². The summed E-state index contributed by atoms with van der Waals surface area (Å²) in [6.45, 7) is 8.39. The van der Waals surface area contributed by atoms with Crippen LogP contribution >= 0.6 is 15.9 Å². The number of carbonyl (C=O) groups excluding carboxylic acids is 1. The lowest BCUT2D eigenvalue weighted by atomic mass is 9.84. The van der Waals surface area contributed by atoms with E-state index >= 15 is 0 Å². The zero-order valence-corrected chi connectivity index (χ0v) is 16.8. The van der Waals surface area contributed by atoms with Gasteiger partial charge < -0.3 is 14.7 Å². The number of hydrogen-bond donors (Lipinski definition) is 1. The Balaban J connectivity index is 1.69. The van der Waals surface area contributed by atoms with Crippen LogP contribution in [0.1, 0.15) is 44.4 Å². The van der Waals surface area contributed by atoms with E-state index in [-0.39, 0.29) is 18.2 Å². The third-order valence-corrected chi connectivity index (χ3v) is 5.35. The van der Waals surface area contributed by atoms with E-state index < -0.39 is 5.60 Å². The minimum absolute atomic E-state index is 0.00189. The number of aryl methyl sites for hydroxylation is 1. The molecule has 0 radical (unpaired) electrons. The van der Waals surface area contributed by atoms with E-state index in [4.69, 9.17) is 4.74 Å². The molecule has 25 heavy (non-hydrogen) atoms. The Morgan fingerprint density at radius 1 is 1.24 bits per heavy atom. The maximum Gasteiger partial charge on any atom is 0.410 e. The molecule has 1 amide bonds. The second kappa shape index (κ2) is 7.25. The highest BCUT2D eigenvalue weighted by atomic mass is 79.9. The van der Waals surface area contributed by atoms with Crippen LogP contribution in [-0.4, -0.2) is 58.9 Å². The van der Waals surface area contributed by atoms with Gasteiger partial charge in [-0.25, -0.2) is 4.79 Å². The molecule has 1 aliphatic carbocycles. The minimum atomic E-state index is -0.473. The van der Waals surface area contributed by atoms with Crippen molar-refractivity contribution in [2.24, 2.45) is 0 Å². The highest BCUT2D eigenvalue weighted by molar-refractivity contribution is 9.10. The van der Waals surface area contributed by atoms with Gasteiger partial charge in [-0.3, -0.25) is 4.90 Å². The number of carbonyl (C=O) groups is 1. The molecular formula is C19H27BrN2O3. The standard InChI is InChI=1S/C19H27BrN2O3/c1-19(2,3)25-18(24)22-10-8-21(9-11-22)17-15-12-14(20)6-4-13(15)5-7-16(17)23/h4,6,12,16-17,23H,5,7-11H2,1-3H3/t16-,17-/m1/s1. The average Bonchev–Trinajstić information content (AvgIpc) is 2.53. The smallest absolute Gasteiger partial charge is 0.410 e. The van der Waals surface area contributed by atoms with Gasteiger partial charge in [0.25, 0.3) is 0 Å². The number of nitrogens with zero attached hydrogens (tertiary/aromatic N) is 2. The number of amides is 1. The van der Waals surface area contributed by atoms with E-state index in [0.29, 0.717) is 13.1 Å². The Kier molecular flexibility index (Phi) is 5.42. The Labute approximate surface area is 158 Å². The van der Waals surface area contributed by atoms with Crippen LogP contribution in [0, 0.1) is 0 Å². The molecule has 1 aromatic rings. The van der Waals surface area contributed by atoms with Gasteiger partial charge in [-0.15, -0.1) is 0 Å². The molecule has 138 valence electrons. The van der Waals surface area contributed by atoms with Crippen molar-refractivity contribution in [1.82, 2.24) is 9.80 Å². The molecule has 2 atom stereocenters. The van der Waals surface area contributed by atoms with Crippen LogP contribution in [0.15, 0.2) is 22.7 Å². The van der Waals surface area contributed by atoms with Crippen LogP contribution in [-0.2, 0) is 11.2 Å². The molecule has 2 aliphatic rings. The number of hydrogen-bond acceptors (Lipinski definition) is 4. The Bertz CT molecular complexity index is 636. The first-order valence-electron chi connectivity index (χ1n) is 8.93. The fourth-order valence-corrected chi connectivity index (χ4v) is 4.07. The molecule has 0 aromatic heterocycles. The van der Waals surface area contributed by atoms with Gasteiger partial charge in [-0.1, -0.05) is 22.0 Å². The Morgan fingerprint density at radius 3 is 2.56 bits per heavy atom. The molecule has 0 spiro atoms. The quantitative estimate of drug-likeness (QED) is 0.770. The molecule has 1 heterocycles. The highest BCUT2D eigenvalue weighted by Crippen LogP contribution is 2.36. The van der Waals surface area contributed by atoms with Crippen molar-refractivity contribution in [3.63, 3.8) is 0 Å². The van der Waals surface area contributed by atoms with Crippen LogP contribution in [0.3, 0.4) is 0 Å². The zero-order valence-electron chi connectivity index (χ0n) is 15.2. The second-order valence-electron chi connectivity index (χ2n) is 7.90. The Morgan fingerprint density at radius 2 is 1.92 bits per heavy atom. The van der Waals surface area contributed by atoms with Crippen LogP contribution in [0.25, 0.3) is 0 Å². The molecule has 1 saturated heterocycles. The van der Waals surface area contributed by atoms with E-state index in [1.54, 1.807) is 4.90 Å². The van der Waals surface area contributed by atoms with Crippen molar-refractivity contribution in [3.8, 4) is 0 Å². The van der Waals surface area contributed by atoms with Gasteiger partial charge >= 0.3 is 6.09 Å². The van der Waals surface area contributed by atoms with Crippen LogP contribution in [0.2, 0.25) is 0 Å². The van der Waals surface area contributed by atoms with E-state index in [9.17, 15) is 9.90 Å². The maximum atomic E-state index is 12.2. The lowest BCUT2D eigenvalue weighted by Crippen LogP contribution is -2.53. The molecule has 6 heteroatoms. The molecule has 5 nitrogen and oxygen atoms in total. The van der Waals surface area contributed by atoms with Crippen molar-refractivity contribution in [2.75, 3.05) is 26.2 Å². The molecular weight excluding hydrogens is 384 g/mol. The number of ether oxygens (including phenoxy) is 1. The fourth-order valence-electron chi connectivity index (χ4n) is 3.69. The predicted octanol–water partition coefficient (Wildman–Crippen LogP) is 3.35. The number of piperazine rings is 1. The summed E-state index contributed by atoms with van der Waals surface area (Å²) in [7, 11) is 0. The van der Waals surface area contributed by atoms with Crippen LogP contribution in [0.5, 0.6) is 0 Å². The maximum absolute atomic E-state index is 12.2. The first-order valence-corrected chi connectivity index (χ1v) is 9.72. The van der Waals surface area contributed by atoms with Crippen LogP contribution in [0.4, 0.5) is 4.79 Å². The van der Waals surface area contributed by atoms with Gasteiger partial charge in [0.15, 0.2) is 0 Å². The Hall–Kier alpha value is -1.11. The largest absolute Gasteiger partial charge is 0.444 e. The summed E-state index contributed by atoms with van der Waals surface area (Å²) < 4.78 is 6.50. The summed E-state index contributed by atoms with van der Waals surface area (Å²) in [5.41, 5.74) is 2.05. The number of rotatable bonds is 1. The summed E-state index contributed by atoms with van der Waals surface area (Å²) in [6.07, 6.45) is 1.08. The molecule has 3 rings (SSSR count). The topological polar surface area (TPSA) is 53.0 Å². The van der Waals surface area contributed by atoms with Gasteiger partial charge in [0, 0.05) is 30.7 Å². The summed E-state index contributed by atoms with van der Waals surface area (Å²) in [6, 6.07) is 6.34. The summed E-state index contributed by atoms with van der Waals surface area (Å²) in [5, 5.41) is 10.6. The van der Waals surface area contributed by atoms with Crippen molar-refractivity contribution in [1.29, 1.82) is 0 Å². The monoisotopic (exact) mass is 410 g/mol. The first kappa shape index (κ1) is 18.7. The molecule has 0 bridgehead atoms. The minimum Gasteiger partial charge on any atom is -0.444 e. The molecule has 1 N–H and O–H groups in total. The molecule has 1 aromatic carbocycles. The van der Waals surface area contributed by atoms with Gasteiger partial charge in [-0.05, 0) is 56.9 Å². The van der Waals surface area contributed by atoms with E-state index in [1.165, 1.54) is 11.1 Å². The molecule has 1 aliphatic heterocycles. The van der Waals surface area contributed by atoms with Crippen LogP contribution < -0.4 is 0 Å². The summed E-state index contributed by atoms with van der Waals surface area (Å²) in [5.74, 6) is 0. The first-order chi connectivity index (χ1) is 11.7. The van der Waals surface area contributed by atoms with Crippen molar-refractivity contribution >= 4 is 22.0 Å². The second-order valence-corrected chi connectivity index (χ2v) is 8.81. The predicted molar refractivity (Wildman–Crippen MR) is 101 cm³/mol. The number of aliphatic hydroxyl groups is 1. The third kappa shape index (κ3) is 4.36. The van der Waals surface area contributed by atoms with E-state index in [2.05, 4.69) is 39.0 Å². The van der Waals surface area contributed by atoms with Gasteiger partial charge in [0.05, 0.1) is 12.1 Å². The van der Waals surface area contributed by atoms with E-state index in [1.807, 2.05) is 20.8 Å². The van der Waals surface area contributed by atoms with Gasteiger partial charge in [0.1, 0.15) is 5.60 Å².